The van der Waals surface area contributed by atoms with Crippen molar-refractivity contribution in [1.82, 2.24) is 10.6 Å². The van der Waals surface area contributed by atoms with E-state index in [4.69, 9.17) is 10.5 Å². The normalized spacial score (nSPS) is 17.2. The SMILES string of the molecule is Cl.NC(=O)COc1ccccc1C(=O)NCC1CCCNC1. The molecule has 0 spiro atoms. The maximum absolute atomic E-state index is 12.2. The number of para-hydroxylation sites is 1. The van der Waals surface area contributed by atoms with Crippen LogP contribution in [0, 0.1) is 5.92 Å². The monoisotopic (exact) mass is 327 g/mol. The molecule has 1 atom stereocenters. The van der Waals surface area contributed by atoms with Crippen molar-refractivity contribution in [2.45, 2.75) is 12.8 Å². The molecule has 1 aliphatic rings. The summed E-state index contributed by atoms with van der Waals surface area (Å²) < 4.78 is 5.26. The van der Waals surface area contributed by atoms with E-state index in [2.05, 4.69) is 10.6 Å². The zero-order valence-corrected chi connectivity index (χ0v) is 13.2. The Kier molecular flexibility index (Phi) is 7.70. The van der Waals surface area contributed by atoms with E-state index in [9.17, 15) is 9.59 Å². The van der Waals surface area contributed by atoms with Gasteiger partial charge < -0.3 is 21.1 Å². The average Bonchev–Trinajstić information content (AvgIpc) is 2.52. The number of ether oxygens (including phenoxy) is 1. The molecule has 1 aromatic carbocycles. The molecule has 22 heavy (non-hydrogen) atoms. The lowest BCUT2D eigenvalue weighted by molar-refractivity contribution is -0.119. The van der Waals surface area contributed by atoms with Crippen LogP contribution in [0.15, 0.2) is 24.3 Å². The van der Waals surface area contributed by atoms with Crippen LogP contribution in [-0.2, 0) is 4.79 Å². The summed E-state index contributed by atoms with van der Waals surface area (Å²) in [7, 11) is 0. The number of nitrogens with two attached hydrogens (primary N) is 1. The first-order chi connectivity index (χ1) is 10.2. The molecular formula is C15H22ClN3O3. The van der Waals surface area contributed by atoms with Gasteiger partial charge in [-0.1, -0.05) is 12.1 Å². The Hall–Kier alpha value is -1.79. The predicted octanol–water partition coefficient (Wildman–Crippen LogP) is 0.702. The molecule has 0 saturated carbocycles. The third-order valence-corrected chi connectivity index (χ3v) is 3.45. The van der Waals surface area contributed by atoms with Crippen LogP contribution in [0.2, 0.25) is 0 Å². The molecular weight excluding hydrogens is 306 g/mol. The number of halogens is 1. The standard InChI is InChI=1S/C15H21N3O3.ClH/c16-14(19)10-21-13-6-2-1-5-12(13)15(20)18-9-11-4-3-7-17-8-11;/h1-2,5-6,11,17H,3-4,7-10H2,(H2,16,19)(H,18,20);1H. The van der Waals surface area contributed by atoms with Crippen LogP contribution in [0.1, 0.15) is 23.2 Å². The predicted molar refractivity (Wildman–Crippen MR) is 86.3 cm³/mol. The van der Waals surface area contributed by atoms with E-state index in [1.807, 2.05) is 0 Å². The molecule has 7 heteroatoms. The van der Waals surface area contributed by atoms with E-state index < -0.39 is 5.91 Å². The number of piperidine rings is 1. The van der Waals surface area contributed by atoms with Gasteiger partial charge in [0.1, 0.15) is 5.75 Å². The third-order valence-electron chi connectivity index (χ3n) is 3.45. The summed E-state index contributed by atoms with van der Waals surface area (Å²) in [4.78, 5) is 23.0. The van der Waals surface area contributed by atoms with E-state index in [0.717, 1.165) is 25.9 Å². The number of primary amides is 1. The molecule has 1 fully saturated rings. The van der Waals surface area contributed by atoms with Crippen LogP contribution in [-0.4, -0.2) is 38.1 Å². The van der Waals surface area contributed by atoms with Crippen molar-refractivity contribution in [1.29, 1.82) is 0 Å². The number of nitrogens with one attached hydrogen (secondary N) is 2. The minimum absolute atomic E-state index is 0. The van der Waals surface area contributed by atoms with Crippen molar-refractivity contribution in [3.05, 3.63) is 29.8 Å². The quantitative estimate of drug-likeness (QED) is 0.717. The van der Waals surface area contributed by atoms with Crippen LogP contribution >= 0.6 is 12.4 Å². The third kappa shape index (κ3) is 5.54. The zero-order chi connectivity index (χ0) is 15.1. The maximum atomic E-state index is 12.2. The summed E-state index contributed by atoms with van der Waals surface area (Å²) in [5.41, 5.74) is 5.47. The number of amides is 2. The van der Waals surface area contributed by atoms with Crippen molar-refractivity contribution >= 4 is 24.2 Å². The Labute approximate surface area is 136 Å². The number of benzene rings is 1. The van der Waals surface area contributed by atoms with Gasteiger partial charge in [-0.05, 0) is 44.0 Å². The number of carbonyl (C=O) groups is 2. The Morgan fingerprint density at radius 2 is 2.14 bits per heavy atom. The molecule has 122 valence electrons. The fraction of sp³-hybridized carbons (Fsp3) is 0.467. The summed E-state index contributed by atoms with van der Waals surface area (Å²) in [6.45, 7) is 2.38. The maximum Gasteiger partial charge on any atom is 0.255 e. The molecule has 2 rings (SSSR count). The van der Waals surface area contributed by atoms with Gasteiger partial charge in [0.05, 0.1) is 5.56 Å². The van der Waals surface area contributed by atoms with E-state index in [-0.39, 0.29) is 24.9 Å². The van der Waals surface area contributed by atoms with Crippen LogP contribution in [0.4, 0.5) is 0 Å². The van der Waals surface area contributed by atoms with Crippen molar-refractivity contribution < 1.29 is 14.3 Å². The fourth-order valence-electron chi connectivity index (χ4n) is 2.36. The van der Waals surface area contributed by atoms with Gasteiger partial charge in [-0.3, -0.25) is 9.59 Å². The van der Waals surface area contributed by atoms with Crippen LogP contribution in [0.5, 0.6) is 5.75 Å². The number of hydrogen-bond donors (Lipinski definition) is 3. The number of carbonyl (C=O) groups excluding carboxylic acids is 2. The smallest absolute Gasteiger partial charge is 0.255 e. The zero-order valence-electron chi connectivity index (χ0n) is 12.3. The molecule has 1 unspecified atom stereocenters. The molecule has 1 heterocycles. The molecule has 1 aliphatic heterocycles. The number of hydrogen-bond acceptors (Lipinski definition) is 4. The van der Waals surface area contributed by atoms with Gasteiger partial charge in [0.2, 0.25) is 0 Å². The van der Waals surface area contributed by atoms with Crippen LogP contribution < -0.4 is 21.1 Å². The van der Waals surface area contributed by atoms with Gasteiger partial charge in [0.15, 0.2) is 6.61 Å². The largest absolute Gasteiger partial charge is 0.483 e. The molecule has 0 aliphatic carbocycles. The lowest BCUT2D eigenvalue weighted by Crippen LogP contribution is -2.38. The van der Waals surface area contributed by atoms with Crippen molar-refractivity contribution in [2.24, 2.45) is 11.7 Å². The molecule has 4 N–H and O–H groups in total. The molecule has 1 aromatic rings. The summed E-state index contributed by atoms with van der Waals surface area (Å²) in [5.74, 6) is 0.0658. The Balaban J connectivity index is 0.00000242. The molecule has 2 amide bonds. The second kappa shape index (κ2) is 9.27. The molecule has 6 nitrogen and oxygen atoms in total. The Morgan fingerprint density at radius 1 is 1.36 bits per heavy atom. The van der Waals surface area contributed by atoms with Crippen LogP contribution in [0.3, 0.4) is 0 Å². The van der Waals surface area contributed by atoms with Gasteiger partial charge >= 0.3 is 0 Å². The minimum atomic E-state index is -0.571. The summed E-state index contributed by atoms with van der Waals surface area (Å²) in [6, 6.07) is 6.83. The first-order valence-corrected chi connectivity index (χ1v) is 7.16. The highest BCUT2D eigenvalue weighted by Crippen LogP contribution is 2.18. The van der Waals surface area contributed by atoms with E-state index in [0.29, 0.717) is 23.8 Å². The summed E-state index contributed by atoms with van der Waals surface area (Å²) >= 11 is 0. The fourth-order valence-corrected chi connectivity index (χ4v) is 2.36. The van der Waals surface area contributed by atoms with Gasteiger partial charge in [-0.2, -0.15) is 0 Å². The van der Waals surface area contributed by atoms with Gasteiger partial charge in [-0.15, -0.1) is 12.4 Å². The highest BCUT2D eigenvalue weighted by atomic mass is 35.5. The van der Waals surface area contributed by atoms with E-state index in [1.165, 1.54) is 0 Å². The summed E-state index contributed by atoms with van der Waals surface area (Å²) in [5, 5.41) is 6.24. The van der Waals surface area contributed by atoms with Crippen molar-refractivity contribution in [3.8, 4) is 5.75 Å². The van der Waals surface area contributed by atoms with E-state index in [1.54, 1.807) is 24.3 Å². The molecule has 0 bridgehead atoms. The average molecular weight is 328 g/mol. The number of rotatable bonds is 6. The highest BCUT2D eigenvalue weighted by molar-refractivity contribution is 5.97. The van der Waals surface area contributed by atoms with E-state index >= 15 is 0 Å². The van der Waals surface area contributed by atoms with Crippen LogP contribution in [0.25, 0.3) is 0 Å². The van der Waals surface area contributed by atoms with Gasteiger partial charge in [0, 0.05) is 6.54 Å². The topological polar surface area (TPSA) is 93.5 Å². The summed E-state index contributed by atoms with van der Waals surface area (Å²) in [6.07, 6.45) is 2.26. The molecule has 1 saturated heterocycles. The van der Waals surface area contributed by atoms with Gasteiger partial charge in [0.25, 0.3) is 11.8 Å². The second-order valence-corrected chi connectivity index (χ2v) is 5.17. The second-order valence-electron chi connectivity index (χ2n) is 5.17. The van der Waals surface area contributed by atoms with Gasteiger partial charge in [-0.25, -0.2) is 0 Å². The minimum Gasteiger partial charge on any atom is -0.483 e. The molecule has 0 radical (unpaired) electrons. The first-order valence-electron chi connectivity index (χ1n) is 7.16. The highest BCUT2D eigenvalue weighted by Gasteiger charge is 2.16. The Morgan fingerprint density at radius 3 is 2.82 bits per heavy atom. The Bertz CT molecular complexity index is 505. The molecule has 0 aromatic heterocycles. The first kappa shape index (κ1) is 18.3. The van der Waals surface area contributed by atoms with Crippen molar-refractivity contribution in [2.75, 3.05) is 26.2 Å². The van der Waals surface area contributed by atoms with Crippen molar-refractivity contribution in [3.63, 3.8) is 0 Å². The lowest BCUT2D eigenvalue weighted by atomic mass is 9.99. The lowest BCUT2D eigenvalue weighted by Gasteiger charge is -2.23.